The third-order valence-electron chi connectivity index (χ3n) is 0.626. The summed E-state index contributed by atoms with van der Waals surface area (Å²) < 4.78 is 0. The lowest BCUT2D eigenvalue weighted by molar-refractivity contribution is -0.116. The van der Waals surface area contributed by atoms with Crippen molar-refractivity contribution < 1.29 is 9.90 Å². The number of allylic oxidation sites excluding steroid dienone is 1. The third kappa shape index (κ3) is 3.28. The standard InChI is InChI=1S/C5H8N2O2/c1-3(6)2-4(8)5(7)9/h2,6,8H,1H3,(H2,7,9)/p+1/b4-2-,6-3?. The summed E-state index contributed by atoms with van der Waals surface area (Å²) in [7, 11) is 0. The summed E-state index contributed by atoms with van der Waals surface area (Å²) in [6.07, 6.45) is 1.10. The van der Waals surface area contributed by atoms with Gasteiger partial charge in [-0.15, -0.1) is 0 Å². The molecule has 0 heterocycles. The van der Waals surface area contributed by atoms with Gasteiger partial charge in [-0.05, 0) is 6.92 Å². The molecule has 0 aromatic heterocycles. The molecule has 0 atom stereocenters. The summed E-state index contributed by atoms with van der Waals surface area (Å²) in [5.41, 5.74) is 4.84. The minimum absolute atomic E-state index is 0.152. The van der Waals surface area contributed by atoms with E-state index >= 15 is 0 Å². The number of amides is 1. The van der Waals surface area contributed by atoms with Gasteiger partial charge in [-0.2, -0.15) is 0 Å². The summed E-state index contributed by atoms with van der Waals surface area (Å²) in [4.78, 5) is 10.1. The van der Waals surface area contributed by atoms with Crippen LogP contribution in [0.1, 0.15) is 6.92 Å². The maximum atomic E-state index is 10.1. The molecule has 0 saturated heterocycles. The van der Waals surface area contributed by atoms with E-state index in [0.717, 1.165) is 6.08 Å². The number of nitrogens with one attached hydrogen (secondary N) is 1. The Balaban J connectivity index is 4.17. The molecule has 4 heteroatoms. The minimum Gasteiger partial charge on any atom is -0.589 e. The Hall–Kier alpha value is -1.32. The molecule has 9 heavy (non-hydrogen) atoms. The van der Waals surface area contributed by atoms with Crippen LogP contribution in [0.25, 0.3) is 0 Å². The Morgan fingerprint density at radius 3 is 2.33 bits per heavy atom. The fourth-order valence-electron chi connectivity index (χ4n) is 0.288. The lowest BCUT2D eigenvalue weighted by atomic mass is 10.3. The van der Waals surface area contributed by atoms with Crippen LogP contribution >= 0.6 is 0 Å². The van der Waals surface area contributed by atoms with Crippen LogP contribution in [-0.4, -0.2) is 16.7 Å². The molecule has 0 spiro atoms. The van der Waals surface area contributed by atoms with E-state index in [1.165, 1.54) is 6.92 Å². The molecule has 0 aliphatic heterocycles. The molecule has 0 aromatic carbocycles. The van der Waals surface area contributed by atoms with Crippen molar-refractivity contribution in [2.45, 2.75) is 6.92 Å². The third-order valence-corrected chi connectivity index (χ3v) is 0.626. The van der Waals surface area contributed by atoms with Gasteiger partial charge >= 0.3 is 11.7 Å². The van der Waals surface area contributed by atoms with Crippen LogP contribution in [0.4, 0.5) is 0 Å². The van der Waals surface area contributed by atoms with E-state index in [2.05, 4.69) is 0 Å². The average Bonchev–Trinajstić information content (AvgIpc) is 1.63. The fraction of sp³-hybridized carbons (Fsp3) is 0.200. The van der Waals surface area contributed by atoms with Crippen LogP contribution < -0.4 is 5.73 Å². The van der Waals surface area contributed by atoms with Gasteiger partial charge in [0.1, 0.15) is 0 Å². The summed E-state index contributed by atoms with van der Waals surface area (Å²) in [5.74, 6) is -1.14. The SMILES string of the molecule is CC(=N)/C=C(\[OH2+])C(N)=O. The Bertz CT molecular complexity index is 172. The number of carbonyl (C=O) groups excluding carboxylic acids is 1. The van der Waals surface area contributed by atoms with Crippen LogP contribution in [0, 0.1) is 5.41 Å². The van der Waals surface area contributed by atoms with Crippen LogP contribution in [0.2, 0.25) is 0 Å². The van der Waals surface area contributed by atoms with Crippen molar-refractivity contribution >= 4 is 11.6 Å². The van der Waals surface area contributed by atoms with Gasteiger partial charge in [-0.25, -0.2) is 0 Å². The van der Waals surface area contributed by atoms with Gasteiger partial charge in [0.2, 0.25) is 0 Å². The minimum atomic E-state index is -0.804. The highest BCUT2D eigenvalue weighted by Gasteiger charge is 2.05. The van der Waals surface area contributed by atoms with Gasteiger partial charge in [-0.3, -0.25) is 4.79 Å². The van der Waals surface area contributed by atoms with Gasteiger partial charge in [0, 0.05) is 5.71 Å². The second-order valence-electron chi connectivity index (χ2n) is 1.61. The average molecular weight is 129 g/mol. The van der Waals surface area contributed by atoms with Gasteiger partial charge < -0.3 is 16.2 Å². The predicted octanol–water partition coefficient (Wildman–Crippen LogP) is -0.880. The second-order valence-corrected chi connectivity index (χ2v) is 1.61. The first-order valence-electron chi connectivity index (χ1n) is 2.32. The monoisotopic (exact) mass is 129 g/mol. The molecular formula is C5H9N2O2+. The van der Waals surface area contributed by atoms with Crippen molar-refractivity contribution in [3.05, 3.63) is 11.8 Å². The van der Waals surface area contributed by atoms with E-state index < -0.39 is 5.91 Å². The highest BCUT2D eigenvalue weighted by atomic mass is 16.3. The van der Waals surface area contributed by atoms with Gasteiger partial charge in [0.15, 0.2) is 0 Å². The van der Waals surface area contributed by atoms with E-state index in [1.54, 1.807) is 0 Å². The highest BCUT2D eigenvalue weighted by molar-refractivity contribution is 5.99. The fourth-order valence-corrected chi connectivity index (χ4v) is 0.288. The Morgan fingerprint density at radius 1 is 1.78 bits per heavy atom. The van der Waals surface area contributed by atoms with Crippen molar-refractivity contribution in [2.24, 2.45) is 5.73 Å². The number of primary amides is 1. The number of carbonyl (C=O) groups is 1. The largest absolute Gasteiger partial charge is 0.589 e. The van der Waals surface area contributed by atoms with Crippen LogP contribution in [-0.2, 0) is 4.79 Å². The van der Waals surface area contributed by atoms with E-state index in [4.69, 9.17) is 16.2 Å². The van der Waals surface area contributed by atoms with Crippen LogP contribution in [0.3, 0.4) is 0 Å². The van der Waals surface area contributed by atoms with Gasteiger partial charge in [0.05, 0.1) is 6.08 Å². The van der Waals surface area contributed by atoms with E-state index in [-0.39, 0.29) is 11.5 Å². The zero-order chi connectivity index (χ0) is 7.44. The molecule has 0 radical (unpaired) electrons. The summed E-state index contributed by atoms with van der Waals surface area (Å²) >= 11 is 0. The van der Waals surface area contributed by atoms with Crippen LogP contribution in [0.5, 0.6) is 0 Å². The summed E-state index contributed by atoms with van der Waals surface area (Å²) in [6, 6.07) is 0. The summed E-state index contributed by atoms with van der Waals surface area (Å²) in [6.45, 7) is 1.47. The maximum Gasteiger partial charge on any atom is 0.337 e. The molecule has 1 amide bonds. The molecule has 0 rings (SSSR count). The topological polar surface area (TPSA) is 89.8 Å². The molecule has 0 bridgehead atoms. The quantitative estimate of drug-likeness (QED) is 0.215. The van der Waals surface area contributed by atoms with Crippen molar-refractivity contribution in [1.82, 2.24) is 0 Å². The molecule has 0 saturated carbocycles. The van der Waals surface area contributed by atoms with Gasteiger partial charge in [-0.1, -0.05) is 0 Å². The smallest absolute Gasteiger partial charge is 0.337 e. The molecule has 50 valence electrons. The van der Waals surface area contributed by atoms with Crippen molar-refractivity contribution in [3.63, 3.8) is 0 Å². The Kier molecular flexibility index (Phi) is 2.44. The van der Waals surface area contributed by atoms with Crippen molar-refractivity contribution in [3.8, 4) is 0 Å². The molecule has 0 unspecified atom stereocenters. The van der Waals surface area contributed by atoms with Crippen molar-refractivity contribution in [1.29, 1.82) is 5.41 Å². The second kappa shape index (κ2) is 2.86. The zero-order valence-corrected chi connectivity index (χ0v) is 5.06. The van der Waals surface area contributed by atoms with E-state index in [9.17, 15) is 4.79 Å². The lowest BCUT2D eigenvalue weighted by Gasteiger charge is -1.85. The van der Waals surface area contributed by atoms with Gasteiger partial charge in [0.25, 0.3) is 0 Å². The first-order chi connectivity index (χ1) is 4.04. The number of hydrogen-bond acceptors (Lipinski definition) is 2. The zero-order valence-electron chi connectivity index (χ0n) is 5.06. The lowest BCUT2D eigenvalue weighted by Crippen LogP contribution is -2.14. The molecule has 0 aliphatic carbocycles. The first kappa shape index (κ1) is 7.68. The highest BCUT2D eigenvalue weighted by Crippen LogP contribution is 1.85. The molecule has 0 aromatic rings. The number of rotatable bonds is 2. The Morgan fingerprint density at radius 2 is 2.22 bits per heavy atom. The molecule has 5 N–H and O–H groups in total. The number of hydrogen-bond donors (Lipinski definition) is 2. The van der Waals surface area contributed by atoms with E-state index in [0.29, 0.717) is 0 Å². The van der Waals surface area contributed by atoms with E-state index in [1.807, 2.05) is 0 Å². The molecule has 0 aliphatic rings. The number of nitrogens with two attached hydrogens (primary N) is 1. The first-order valence-corrected chi connectivity index (χ1v) is 2.32. The van der Waals surface area contributed by atoms with Crippen LogP contribution in [0.15, 0.2) is 11.8 Å². The molecule has 0 fully saturated rings. The predicted molar refractivity (Wildman–Crippen MR) is 34.3 cm³/mol. The summed E-state index contributed by atoms with van der Waals surface area (Å²) in [5, 5.41) is 13.6. The van der Waals surface area contributed by atoms with Crippen molar-refractivity contribution in [2.75, 3.05) is 0 Å². The molecular weight excluding hydrogens is 120 g/mol. The maximum absolute atomic E-state index is 10.1. The molecule has 4 nitrogen and oxygen atoms in total. The normalized spacial score (nSPS) is 11.0. The Labute approximate surface area is 52.5 Å².